The van der Waals surface area contributed by atoms with E-state index in [0.717, 1.165) is 10.6 Å². The van der Waals surface area contributed by atoms with E-state index in [-0.39, 0.29) is 12.0 Å². The fourth-order valence-electron chi connectivity index (χ4n) is 2.32. The molecule has 0 saturated carbocycles. The van der Waals surface area contributed by atoms with Crippen molar-refractivity contribution in [2.75, 3.05) is 18.7 Å². The van der Waals surface area contributed by atoms with E-state index in [4.69, 9.17) is 4.74 Å². The molecule has 0 spiro atoms. The molecule has 0 radical (unpaired) electrons. The molecule has 2 heterocycles. The van der Waals surface area contributed by atoms with Gasteiger partial charge in [-0.3, -0.25) is 5.01 Å². The number of thiophene rings is 1. The van der Waals surface area contributed by atoms with Crippen LogP contribution in [-0.4, -0.2) is 30.5 Å². The number of nitrogens with zero attached hydrogens (tertiary/aromatic N) is 3. The Hall–Kier alpha value is -2.38. The van der Waals surface area contributed by atoms with Gasteiger partial charge in [0.1, 0.15) is 0 Å². The van der Waals surface area contributed by atoms with E-state index in [2.05, 4.69) is 10.5 Å². The first-order valence-corrected chi connectivity index (χ1v) is 8.22. The van der Waals surface area contributed by atoms with Gasteiger partial charge in [0.2, 0.25) is 5.84 Å². The number of benzene rings is 1. The summed E-state index contributed by atoms with van der Waals surface area (Å²) in [5, 5.41) is 9.97. The fourth-order valence-corrected chi connectivity index (χ4v) is 3.07. The molecule has 23 heavy (non-hydrogen) atoms. The largest absolute Gasteiger partial charge is 0.460 e. The molecule has 120 valence electrons. The monoisotopic (exact) mass is 330 g/mol. The molecule has 1 aliphatic heterocycles. The standard InChI is InChI=1S/C16H18N4O2S/c1-3-22-16(21)15-18-20(12-8-5-4-6-9-12)14(17-19(15)2)13-10-7-11-23-13/h4-11,14,17H,3H2,1-2H3/t14-/m1/s1. The number of amidine groups is 1. The van der Waals surface area contributed by atoms with Crippen molar-refractivity contribution >= 4 is 28.8 Å². The van der Waals surface area contributed by atoms with Crippen LogP contribution in [0.1, 0.15) is 18.0 Å². The number of carbonyl (C=O) groups excluding carboxylic acids is 1. The molecule has 1 aromatic heterocycles. The first-order chi connectivity index (χ1) is 11.2. The number of hydrogen-bond donors (Lipinski definition) is 1. The van der Waals surface area contributed by atoms with Crippen molar-refractivity contribution in [2.45, 2.75) is 13.1 Å². The minimum atomic E-state index is -0.451. The van der Waals surface area contributed by atoms with Crippen molar-refractivity contribution in [3.8, 4) is 0 Å². The summed E-state index contributed by atoms with van der Waals surface area (Å²) in [6.45, 7) is 2.09. The molecule has 2 aromatic rings. The highest BCUT2D eigenvalue weighted by atomic mass is 32.1. The van der Waals surface area contributed by atoms with Gasteiger partial charge in [0.25, 0.3) is 0 Å². The molecular formula is C16H18N4O2S. The lowest BCUT2D eigenvalue weighted by atomic mass is 10.2. The zero-order valence-electron chi connectivity index (χ0n) is 13.0. The maximum Gasteiger partial charge on any atom is 0.377 e. The quantitative estimate of drug-likeness (QED) is 0.873. The van der Waals surface area contributed by atoms with Crippen LogP contribution >= 0.6 is 11.3 Å². The molecule has 0 fully saturated rings. The van der Waals surface area contributed by atoms with Crippen LogP contribution in [0.3, 0.4) is 0 Å². The molecule has 7 heteroatoms. The summed E-state index contributed by atoms with van der Waals surface area (Å²) in [6, 6.07) is 13.8. The molecule has 6 nitrogen and oxygen atoms in total. The zero-order valence-corrected chi connectivity index (χ0v) is 13.8. The van der Waals surface area contributed by atoms with Crippen LogP contribution in [0.5, 0.6) is 0 Å². The van der Waals surface area contributed by atoms with Crippen molar-refractivity contribution < 1.29 is 9.53 Å². The van der Waals surface area contributed by atoms with Crippen LogP contribution in [0.15, 0.2) is 52.9 Å². The molecule has 1 N–H and O–H groups in total. The Labute approximate surface area is 138 Å². The van der Waals surface area contributed by atoms with E-state index in [1.54, 1.807) is 35.3 Å². The molecule has 0 aliphatic carbocycles. The van der Waals surface area contributed by atoms with Crippen molar-refractivity contribution in [2.24, 2.45) is 5.10 Å². The van der Waals surface area contributed by atoms with Gasteiger partial charge in [-0.1, -0.05) is 24.3 Å². The van der Waals surface area contributed by atoms with Gasteiger partial charge in [-0.25, -0.2) is 15.2 Å². The number of para-hydroxylation sites is 1. The van der Waals surface area contributed by atoms with E-state index in [0.29, 0.717) is 6.61 Å². The number of likely N-dealkylation sites (N-methyl/N-ethyl adjacent to an activating group) is 1. The van der Waals surface area contributed by atoms with Crippen LogP contribution in [0, 0.1) is 0 Å². The average Bonchev–Trinajstić information content (AvgIpc) is 3.10. The number of hydrazone groups is 1. The summed E-state index contributed by atoms with van der Waals surface area (Å²) >= 11 is 1.63. The minimum absolute atomic E-state index is 0.180. The van der Waals surface area contributed by atoms with Crippen molar-refractivity contribution in [3.63, 3.8) is 0 Å². The first kappa shape index (κ1) is 15.5. The lowest BCUT2D eigenvalue weighted by molar-refractivity contribution is -0.136. The first-order valence-electron chi connectivity index (χ1n) is 7.34. The van der Waals surface area contributed by atoms with Gasteiger partial charge in [0.05, 0.1) is 12.3 Å². The van der Waals surface area contributed by atoms with E-state index in [1.807, 2.05) is 47.8 Å². The Morgan fingerprint density at radius 2 is 2.09 bits per heavy atom. The second-order valence-electron chi connectivity index (χ2n) is 4.93. The normalized spacial score (nSPS) is 17.8. The van der Waals surface area contributed by atoms with Gasteiger partial charge in [-0.2, -0.15) is 0 Å². The summed E-state index contributed by atoms with van der Waals surface area (Å²) in [7, 11) is 1.76. The highest BCUT2D eigenvalue weighted by molar-refractivity contribution is 7.10. The number of esters is 1. The number of anilines is 1. The Morgan fingerprint density at radius 3 is 2.74 bits per heavy atom. The maximum atomic E-state index is 12.1. The summed E-state index contributed by atoms with van der Waals surface area (Å²) in [6.07, 6.45) is -0.180. The highest BCUT2D eigenvalue weighted by Gasteiger charge is 2.32. The Balaban J connectivity index is 2.01. The van der Waals surface area contributed by atoms with Crippen molar-refractivity contribution in [1.82, 2.24) is 10.4 Å². The number of hydrazine groups is 1. The third-order valence-corrected chi connectivity index (χ3v) is 4.30. The Morgan fingerprint density at radius 1 is 1.30 bits per heavy atom. The number of rotatable bonds is 4. The van der Waals surface area contributed by atoms with E-state index in [1.165, 1.54) is 0 Å². The molecule has 1 aromatic carbocycles. The smallest absolute Gasteiger partial charge is 0.377 e. The van der Waals surface area contributed by atoms with Crippen LogP contribution < -0.4 is 10.4 Å². The van der Waals surface area contributed by atoms with Crippen molar-refractivity contribution in [3.05, 3.63) is 52.7 Å². The molecule has 1 aliphatic rings. The Bertz CT molecular complexity index is 687. The van der Waals surface area contributed by atoms with E-state index < -0.39 is 5.97 Å². The number of hydrogen-bond acceptors (Lipinski definition) is 7. The topological polar surface area (TPSA) is 57.2 Å². The molecule has 0 unspecified atom stereocenters. The molecule has 0 bridgehead atoms. The van der Waals surface area contributed by atoms with Crippen LogP contribution in [-0.2, 0) is 9.53 Å². The lowest BCUT2D eigenvalue weighted by Gasteiger charge is -2.38. The van der Waals surface area contributed by atoms with Gasteiger partial charge < -0.3 is 4.74 Å². The summed E-state index contributed by atoms with van der Waals surface area (Å²) < 4.78 is 5.09. The van der Waals surface area contributed by atoms with Crippen LogP contribution in [0.2, 0.25) is 0 Å². The number of carbonyl (C=O) groups is 1. The molecule has 0 amide bonds. The van der Waals surface area contributed by atoms with Crippen LogP contribution in [0.25, 0.3) is 0 Å². The molecule has 0 saturated heterocycles. The third kappa shape index (κ3) is 3.20. The average molecular weight is 330 g/mol. The summed E-state index contributed by atoms with van der Waals surface area (Å²) in [5.41, 5.74) is 4.19. The van der Waals surface area contributed by atoms with Gasteiger partial charge in [-0.05, 0) is 30.5 Å². The van der Waals surface area contributed by atoms with E-state index >= 15 is 0 Å². The van der Waals surface area contributed by atoms with Gasteiger partial charge in [0.15, 0.2) is 6.17 Å². The van der Waals surface area contributed by atoms with Gasteiger partial charge in [-0.15, -0.1) is 16.4 Å². The summed E-state index contributed by atoms with van der Waals surface area (Å²) in [5.74, 6) is -0.225. The second kappa shape index (κ2) is 6.80. The zero-order chi connectivity index (χ0) is 16.2. The fraction of sp³-hybridized carbons (Fsp3) is 0.250. The second-order valence-corrected chi connectivity index (χ2v) is 5.91. The predicted molar refractivity (Wildman–Crippen MR) is 90.9 cm³/mol. The summed E-state index contributed by atoms with van der Waals surface area (Å²) in [4.78, 5) is 13.2. The molecule has 1 atom stereocenters. The Kier molecular flexibility index (Phi) is 4.59. The maximum absolute atomic E-state index is 12.1. The van der Waals surface area contributed by atoms with Crippen molar-refractivity contribution in [1.29, 1.82) is 0 Å². The number of ether oxygens (including phenoxy) is 1. The molecule has 3 rings (SSSR count). The van der Waals surface area contributed by atoms with E-state index in [9.17, 15) is 4.79 Å². The highest BCUT2D eigenvalue weighted by Crippen LogP contribution is 2.30. The van der Waals surface area contributed by atoms with Gasteiger partial charge >= 0.3 is 5.97 Å². The SMILES string of the molecule is CCOC(=O)C1=NN(c2ccccc2)[C@H](c2cccs2)NN1C. The number of nitrogens with one attached hydrogen (secondary N) is 1. The minimum Gasteiger partial charge on any atom is -0.460 e. The lowest BCUT2D eigenvalue weighted by Crippen LogP contribution is -2.54. The van der Waals surface area contributed by atoms with Gasteiger partial charge in [0, 0.05) is 11.9 Å². The van der Waals surface area contributed by atoms with Crippen LogP contribution in [0.4, 0.5) is 5.69 Å². The molecular weight excluding hydrogens is 312 g/mol. The third-order valence-electron chi connectivity index (χ3n) is 3.37. The predicted octanol–water partition coefficient (Wildman–Crippen LogP) is 2.58.